The van der Waals surface area contributed by atoms with Gasteiger partial charge in [-0.05, 0) is 65.0 Å². The molecule has 11 aromatic rings. The molecule has 47 heavy (non-hydrogen) atoms. The SMILES string of the molecule is c1ccc(-c2nc(-n3c4ccccc4c4cc(-c5cc6c7ccccc7n7c8ccsc8c(c5)c67)ccc43)nc3ccccc23)cc1. The Bertz CT molecular complexity index is 3020. The van der Waals surface area contributed by atoms with Gasteiger partial charge in [0.1, 0.15) is 0 Å². The normalized spacial score (nSPS) is 12.3. The molecule has 218 valence electrons. The zero-order valence-corrected chi connectivity index (χ0v) is 25.9. The first-order valence-corrected chi connectivity index (χ1v) is 16.7. The first-order valence-electron chi connectivity index (χ1n) is 15.8. The lowest BCUT2D eigenvalue weighted by Crippen LogP contribution is -2.03. The number of nitrogens with zero attached hydrogens (tertiary/aromatic N) is 4. The first kappa shape index (κ1) is 25.2. The van der Waals surface area contributed by atoms with Crippen LogP contribution in [0.15, 0.2) is 145 Å². The smallest absolute Gasteiger partial charge is 0.235 e. The molecule has 11 rings (SSSR count). The summed E-state index contributed by atoms with van der Waals surface area (Å²) in [5, 5.41) is 9.54. The Hall–Kier alpha value is -6.04. The van der Waals surface area contributed by atoms with Crippen LogP contribution in [0.2, 0.25) is 0 Å². The van der Waals surface area contributed by atoms with Crippen molar-refractivity contribution in [3.8, 4) is 28.3 Å². The van der Waals surface area contributed by atoms with Crippen molar-refractivity contribution in [1.29, 1.82) is 0 Å². The van der Waals surface area contributed by atoms with Crippen LogP contribution < -0.4 is 0 Å². The number of rotatable bonds is 3. The fourth-order valence-corrected chi connectivity index (χ4v) is 8.61. The summed E-state index contributed by atoms with van der Waals surface area (Å²) in [4.78, 5) is 10.4. The van der Waals surface area contributed by atoms with E-state index in [0.29, 0.717) is 5.95 Å². The molecule has 0 bridgehead atoms. The van der Waals surface area contributed by atoms with E-state index in [0.717, 1.165) is 33.2 Å². The summed E-state index contributed by atoms with van der Waals surface area (Å²) in [6, 6.07) is 50.0. The Morgan fingerprint density at radius 2 is 1.13 bits per heavy atom. The van der Waals surface area contributed by atoms with E-state index in [1.807, 2.05) is 23.5 Å². The zero-order valence-electron chi connectivity index (χ0n) is 25.1. The number of benzene rings is 6. The van der Waals surface area contributed by atoms with Gasteiger partial charge in [-0.3, -0.25) is 4.57 Å². The van der Waals surface area contributed by atoms with Crippen LogP contribution in [0.4, 0.5) is 0 Å². The van der Waals surface area contributed by atoms with Crippen molar-refractivity contribution in [2.45, 2.75) is 0 Å². The Morgan fingerprint density at radius 3 is 2.00 bits per heavy atom. The third-order valence-electron chi connectivity index (χ3n) is 9.74. The van der Waals surface area contributed by atoms with Gasteiger partial charge < -0.3 is 4.40 Å². The van der Waals surface area contributed by atoms with Gasteiger partial charge in [-0.1, -0.05) is 91.0 Å². The van der Waals surface area contributed by atoms with E-state index in [-0.39, 0.29) is 0 Å². The summed E-state index contributed by atoms with van der Waals surface area (Å²) in [6.45, 7) is 0. The molecule has 0 N–H and O–H groups in total. The molecule has 0 aliphatic carbocycles. The molecule has 0 atom stereocenters. The van der Waals surface area contributed by atoms with Gasteiger partial charge in [-0.2, -0.15) is 0 Å². The predicted molar refractivity (Wildman–Crippen MR) is 197 cm³/mol. The van der Waals surface area contributed by atoms with Crippen LogP contribution in [-0.4, -0.2) is 18.9 Å². The second-order valence-corrected chi connectivity index (χ2v) is 13.2. The van der Waals surface area contributed by atoms with Gasteiger partial charge in [0.05, 0.1) is 43.5 Å². The van der Waals surface area contributed by atoms with Gasteiger partial charge in [0.2, 0.25) is 5.95 Å². The van der Waals surface area contributed by atoms with Crippen LogP contribution in [0, 0.1) is 0 Å². The summed E-state index contributed by atoms with van der Waals surface area (Å²) in [5.41, 5.74) is 11.4. The molecular weight excluding hydrogens is 593 g/mol. The van der Waals surface area contributed by atoms with Crippen molar-refractivity contribution in [2.24, 2.45) is 0 Å². The highest BCUT2D eigenvalue weighted by Crippen LogP contribution is 2.44. The molecule has 0 radical (unpaired) electrons. The lowest BCUT2D eigenvalue weighted by molar-refractivity contribution is 1.01. The fraction of sp³-hybridized carbons (Fsp3) is 0. The monoisotopic (exact) mass is 616 g/mol. The Morgan fingerprint density at radius 1 is 0.447 bits per heavy atom. The minimum absolute atomic E-state index is 0.675. The highest BCUT2D eigenvalue weighted by atomic mass is 32.1. The molecule has 0 fully saturated rings. The maximum atomic E-state index is 5.25. The van der Waals surface area contributed by atoms with E-state index >= 15 is 0 Å². The van der Waals surface area contributed by atoms with Gasteiger partial charge in [0.15, 0.2) is 0 Å². The second kappa shape index (κ2) is 9.25. The van der Waals surface area contributed by atoms with E-state index in [4.69, 9.17) is 9.97 Å². The van der Waals surface area contributed by atoms with Crippen LogP contribution in [0.1, 0.15) is 0 Å². The van der Waals surface area contributed by atoms with Gasteiger partial charge in [-0.25, -0.2) is 9.97 Å². The molecule has 0 unspecified atom stereocenters. The van der Waals surface area contributed by atoms with Crippen LogP contribution >= 0.6 is 11.3 Å². The minimum Gasteiger partial charge on any atom is -0.307 e. The molecule has 0 aliphatic rings. The number of thiophene rings is 1. The zero-order chi connectivity index (χ0) is 30.6. The first-order chi connectivity index (χ1) is 23.3. The summed E-state index contributed by atoms with van der Waals surface area (Å²) in [6.07, 6.45) is 0. The standard InChI is InChI=1S/C42H24N4S/c1-2-10-25(11-3-1)39-30-14-4-7-15-34(30)43-42(44-39)46-36-17-9-5-12-28(36)31-22-26(18-19-37(31)46)27-23-32-29-13-6-8-16-35(29)45-38-20-21-47-41(38)33(24-27)40(32)45/h1-24H. The number of hydrogen-bond acceptors (Lipinski definition) is 3. The maximum Gasteiger partial charge on any atom is 0.235 e. The van der Waals surface area contributed by atoms with Gasteiger partial charge in [0, 0.05) is 37.9 Å². The summed E-state index contributed by atoms with van der Waals surface area (Å²) < 4.78 is 6.01. The van der Waals surface area contributed by atoms with Gasteiger partial charge >= 0.3 is 0 Å². The highest BCUT2D eigenvalue weighted by molar-refractivity contribution is 7.18. The van der Waals surface area contributed by atoms with Crippen molar-refractivity contribution < 1.29 is 0 Å². The van der Waals surface area contributed by atoms with E-state index in [2.05, 4.69) is 142 Å². The van der Waals surface area contributed by atoms with E-state index in [9.17, 15) is 0 Å². The summed E-state index contributed by atoms with van der Waals surface area (Å²) >= 11 is 1.83. The van der Waals surface area contributed by atoms with E-state index in [1.54, 1.807) is 0 Å². The molecule has 6 aromatic carbocycles. The van der Waals surface area contributed by atoms with E-state index in [1.165, 1.54) is 59.3 Å². The average molecular weight is 617 g/mol. The fourth-order valence-electron chi connectivity index (χ4n) is 7.72. The van der Waals surface area contributed by atoms with Crippen LogP contribution in [0.5, 0.6) is 0 Å². The molecule has 0 saturated carbocycles. The quantitative estimate of drug-likeness (QED) is 0.198. The topological polar surface area (TPSA) is 35.1 Å². The van der Waals surface area contributed by atoms with Crippen molar-refractivity contribution in [3.05, 3.63) is 145 Å². The second-order valence-electron chi connectivity index (χ2n) is 12.2. The summed E-state index contributed by atoms with van der Waals surface area (Å²) in [7, 11) is 0. The van der Waals surface area contributed by atoms with E-state index < -0.39 is 0 Å². The predicted octanol–water partition coefficient (Wildman–Crippen LogP) is 11.3. The van der Waals surface area contributed by atoms with Crippen LogP contribution in [0.25, 0.3) is 98.5 Å². The third kappa shape index (κ3) is 3.41. The molecule has 5 heteroatoms. The molecule has 4 nitrogen and oxygen atoms in total. The highest BCUT2D eigenvalue weighted by Gasteiger charge is 2.21. The average Bonchev–Trinajstić information content (AvgIpc) is 3.89. The van der Waals surface area contributed by atoms with Gasteiger partial charge in [0.25, 0.3) is 0 Å². The number of fused-ring (bicyclic) bond motifs is 10. The Kier molecular flexibility index (Phi) is 4.96. The lowest BCUT2D eigenvalue weighted by atomic mass is 9.99. The molecule has 0 amide bonds. The molecule has 0 aliphatic heterocycles. The largest absolute Gasteiger partial charge is 0.307 e. The van der Waals surface area contributed by atoms with Crippen molar-refractivity contribution in [3.63, 3.8) is 0 Å². The molecular formula is C42H24N4S. The Labute approximate surface area is 272 Å². The lowest BCUT2D eigenvalue weighted by Gasteiger charge is -2.12. The van der Waals surface area contributed by atoms with Crippen molar-refractivity contribution in [2.75, 3.05) is 0 Å². The molecule has 0 saturated heterocycles. The van der Waals surface area contributed by atoms with Gasteiger partial charge in [-0.15, -0.1) is 11.3 Å². The third-order valence-corrected chi connectivity index (χ3v) is 10.7. The number of hydrogen-bond donors (Lipinski definition) is 0. The summed E-state index contributed by atoms with van der Waals surface area (Å²) in [5.74, 6) is 0.675. The minimum atomic E-state index is 0.675. The van der Waals surface area contributed by atoms with Crippen LogP contribution in [-0.2, 0) is 0 Å². The number of para-hydroxylation sites is 3. The maximum absolute atomic E-state index is 5.25. The Balaban J connectivity index is 1.18. The molecule has 5 heterocycles. The van der Waals surface area contributed by atoms with Crippen LogP contribution in [0.3, 0.4) is 0 Å². The van der Waals surface area contributed by atoms with Crippen molar-refractivity contribution in [1.82, 2.24) is 18.9 Å². The molecule has 5 aromatic heterocycles. The molecule has 0 spiro atoms. The number of aromatic nitrogens is 4. The van der Waals surface area contributed by atoms with Crippen molar-refractivity contribution >= 4 is 81.5 Å².